The quantitative estimate of drug-likeness (QED) is 0.367. The van der Waals surface area contributed by atoms with Crippen molar-refractivity contribution in [2.45, 2.75) is 45.5 Å². The van der Waals surface area contributed by atoms with Crippen molar-refractivity contribution in [3.63, 3.8) is 0 Å². The molecule has 188 valence electrons. The number of ether oxygens (including phenoxy) is 5. The van der Waals surface area contributed by atoms with Crippen LogP contribution in [0.4, 0.5) is 0 Å². The zero-order chi connectivity index (χ0) is 25.8. The fourth-order valence-electron chi connectivity index (χ4n) is 3.41. The molecule has 2 aliphatic rings. The van der Waals surface area contributed by atoms with Crippen LogP contribution in [-0.2, 0) is 23.8 Å². The Bertz CT molecular complexity index is 1020. The molecule has 2 aromatic carbocycles. The molecule has 0 aliphatic carbocycles. The van der Waals surface area contributed by atoms with Crippen LogP contribution < -0.4 is 9.47 Å². The third-order valence-corrected chi connectivity index (χ3v) is 4.83. The Morgan fingerprint density at radius 1 is 0.971 bits per heavy atom. The number of carboxylic acid groups (broad SMARTS) is 1. The Morgan fingerprint density at radius 3 is 2.23 bits per heavy atom. The van der Waals surface area contributed by atoms with Crippen LogP contribution in [0.2, 0.25) is 0 Å². The van der Waals surface area contributed by atoms with E-state index in [0.29, 0.717) is 13.2 Å². The Morgan fingerprint density at radius 2 is 1.60 bits per heavy atom. The van der Waals surface area contributed by atoms with Gasteiger partial charge in [-0.1, -0.05) is 38.1 Å². The van der Waals surface area contributed by atoms with E-state index in [0.717, 1.165) is 6.42 Å². The van der Waals surface area contributed by atoms with E-state index in [1.807, 2.05) is 13.8 Å². The Kier molecular flexibility index (Phi) is 10.9. The standard InChI is InChI=1S/C14H14O6.C9H8O4.C2H6/c15-8-19-10-4-2-1-3-9(10)14(16)20-12-7-18-11-5-6-17-13(11)12;1-6(10)13-8-5-3-2-4-7(8)9(11)12;1-2/h1-4,8,11-13H,5-7H2;2-5H,1H3,(H,11,12);1-2H3/t11-,12?,13+;;/m1../s1. The van der Waals surface area contributed by atoms with Crippen LogP contribution in [0.1, 0.15) is 47.9 Å². The maximum absolute atomic E-state index is 12.2. The number of carboxylic acids is 1. The summed E-state index contributed by atoms with van der Waals surface area (Å²) in [4.78, 5) is 43.8. The zero-order valence-electron chi connectivity index (χ0n) is 19.7. The molecule has 2 saturated heterocycles. The van der Waals surface area contributed by atoms with Crippen molar-refractivity contribution < 1.29 is 48.0 Å². The highest BCUT2D eigenvalue weighted by Crippen LogP contribution is 2.29. The van der Waals surface area contributed by atoms with E-state index >= 15 is 0 Å². The fraction of sp³-hybridized carbons (Fsp3) is 0.360. The minimum absolute atomic E-state index is 0.00858. The SMILES string of the molecule is CC.CC(=O)Oc1ccccc1C(=O)O.O=COc1ccccc1C(=O)OC1CO[C@@H]2CCO[C@H]12. The van der Waals surface area contributed by atoms with Crippen molar-refractivity contribution in [3.8, 4) is 11.5 Å². The van der Waals surface area contributed by atoms with Crippen molar-refractivity contribution in [2.24, 2.45) is 0 Å². The number of para-hydroxylation sites is 2. The minimum atomic E-state index is -1.11. The van der Waals surface area contributed by atoms with Gasteiger partial charge in [0, 0.05) is 13.5 Å². The van der Waals surface area contributed by atoms with Gasteiger partial charge in [-0.05, 0) is 30.7 Å². The van der Waals surface area contributed by atoms with Crippen LogP contribution in [0.15, 0.2) is 48.5 Å². The van der Waals surface area contributed by atoms with Crippen LogP contribution in [0.5, 0.6) is 11.5 Å². The highest BCUT2D eigenvalue weighted by molar-refractivity contribution is 5.93. The lowest BCUT2D eigenvalue weighted by molar-refractivity contribution is -0.132. The molecule has 1 N–H and O–H groups in total. The van der Waals surface area contributed by atoms with Crippen molar-refractivity contribution in [2.75, 3.05) is 13.2 Å². The molecule has 35 heavy (non-hydrogen) atoms. The maximum atomic E-state index is 12.2. The molecule has 0 aromatic heterocycles. The van der Waals surface area contributed by atoms with Gasteiger partial charge in [-0.3, -0.25) is 9.59 Å². The highest BCUT2D eigenvalue weighted by Gasteiger charge is 2.44. The van der Waals surface area contributed by atoms with Crippen LogP contribution in [0, 0.1) is 0 Å². The second-order valence-electron chi connectivity index (χ2n) is 7.04. The maximum Gasteiger partial charge on any atom is 0.342 e. The highest BCUT2D eigenvalue weighted by atomic mass is 16.6. The normalized spacial score (nSPS) is 19.6. The van der Waals surface area contributed by atoms with Gasteiger partial charge in [0.25, 0.3) is 6.47 Å². The Hall–Kier alpha value is -3.76. The smallest absolute Gasteiger partial charge is 0.342 e. The van der Waals surface area contributed by atoms with E-state index in [2.05, 4.69) is 4.74 Å². The average Bonchev–Trinajstić information content (AvgIpc) is 3.46. The third-order valence-electron chi connectivity index (χ3n) is 4.83. The van der Waals surface area contributed by atoms with Gasteiger partial charge in [-0.15, -0.1) is 0 Å². The van der Waals surface area contributed by atoms with E-state index < -0.39 is 24.0 Å². The number of rotatable bonds is 6. The number of esters is 2. The lowest BCUT2D eigenvalue weighted by Crippen LogP contribution is -2.32. The van der Waals surface area contributed by atoms with E-state index in [1.54, 1.807) is 30.3 Å². The number of aromatic carboxylic acids is 1. The second-order valence-corrected chi connectivity index (χ2v) is 7.04. The molecule has 0 amide bonds. The molecule has 0 radical (unpaired) electrons. The largest absolute Gasteiger partial charge is 0.478 e. The molecule has 4 rings (SSSR count). The second kappa shape index (κ2) is 13.8. The van der Waals surface area contributed by atoms with Crippen molar-refractivity contribution in [1.82, 2.24) is 0 Å². The first-order valence-electron chi connectivity index (χ1n) is 11.0. The summed E-state index contributed by atoms with van der Waals surface area (Å²) in [7, 11) is 0. The minimum Gasteiger partial charge on any atom is -0.478 e. The van der Waals surface area contributed by atoms with E-state index in [4.69, 9.17) is 24.1 Å². The summed E-state index contributed by atoms with van der Waals surface area (Å²) in [6.45, 7) is 6.45. The molecule has 2 aromatic rings. The topological polar surface area (TPSA) is 135 Å². The molecule has 0 bridgehead atoms. The van der Waals surface area contributed by atoms with E-state index in [-0.39, 0.29) is 41.3 Å². The fourth-order valence-corrected chi connectivity index (χ4v) is 3.41. The molecule has 2 aliphatic heterocycles. The van der Waals surface area contributed by atoms with E-state index in [1.165, 1.54) is 25.1 Å². The van der Waals surface area contributed by atoms with Gasteiger partial charge in [-0.25, -0.2) is 9.59 Å². The molecule has 2 fully saturated rings. The van der Waals surface area contributed by atoms with E-state index in [9.17, 15) is 19.2 Å². The summed E-state index contributed by atoms with van der Waals surface area (Å²) < 4.78 is 25.9. The average molecular weight is 488 g/mol. The molecule has 3 atom stereocenters. The van der Waals surface area contributed by atoms with Crippen molar-refractivity contribution in [1.29, 1.82) is 0 Å². The van der Waals surface area contributed by atoms with Crippen LogP contribution >= 0.6 is 0 Å². The predicted octanol–water partition coefficient (Wildman–Crippen LogP) is 3.27. The zero-order valence-corrected chi connectivity index (χ0v) is 19.7. The monoisotopic (exact) mass is 488 g/mol. The van der Waals surface area contributed by atoms with Gasteiger partial charge in [-0.2, -0.15) is 0 Å². The number of carbonyl (C=O) groups excluding carboxylic acids is 3. The van der Waals surface area contributed by atoms with Crippen LogP contribution in [0.3, 0.4) is 0 Å². The van der Waals surface area contributed by atoms with Crippen LogP contribution in [0.25, 0.3) is 0 Å². The number of fused-ring (bicyclic) bond motifs is 1. The summed E-state index contributed by atoms with van der Waals surface area (Å²) in [5, 5.41) is 8.69. The first kappa shape index (κ1) is 27.5. The summed E-state index contributed by atoms with van der Waals surface area (Å²) in [5.41, 5.74) is 0.193. The number of carbonyl (C=O) groups is 4. The first-order valence-corrected chi connectivity index (χ1v) is 11.0. The summed E-state index contributed by atoms with van der Waals surface area (Å²) in [6.07, 6.45) is 0.218. The predicted molar refractivity (Wildman–Crippen MR) is 122 cm³/mol. The Labute approximate surface area is 202 Å². The number of hydrogen-bond acceptors (Lipinski definition) is 9. The van der Waals surface area contributed by atoms with Gasteiger partial charge in [0.1, 0.15) is 28.7 Å². The molecule has 2 heterocycles. The van der Waals surface area contributed by atoms with Gasteiger partial charge in [0.2, 0.25) is 0 Å². The third kappa shape index (κ3) is 7.62. The van der Waals surface area contributed by atoms with Gasteiger partial charge < -0.3 is 28.8 Å². The summed E-state index contributed by atoms with van der Waals surface area (Å²) in [6, 6.07) is 12.4. The molecule has 0 spiro atoms. The molecular weight excluding hydrogens is 460 g/mol. The lowest BCUT2D eigenvalue weighted by atomic mass is 10.1. The Balaban J connectivity index is 0.000000251. The van der Waals surface area contributed by atoms with Crippen LogP contribution in [-0.4, -0.2) is 61.0 Å². The molecule has 0 saturated carbocycles. The lowest BCUT2D eigenvalue weighted by Gasteiger charge is -2.17. The molecule has 10 heteroatoms. The number of benzene rings is 2. The van der Waals surface area contributed by atoms with Crippen molar-refractivity contribution in [3.05, 3.63) is 59.7 Å². The van der Waals surface area contributed by atoms with Gasteiger partial charge in [0.05, 0.1) is 12.7 Å². The molecular formula is C25H28O10. The van der Waals surface area contributed by atoms with Gasteiger partial charge >= 0.3 is 17.9 Å². The first-order chi connectivity index (χ1) is 16.9. The number of hydrogen-bond donors (Lipinski definition) is 1. The summed E-state index contributed by atoms with van der Waals surface area (Å²) >= 11 is 0. The van der Waals surface area contributed by atoms with Gasteiger partial charge in [0.15, 0.2) is 6.10 Å². The molecule has 1 unspecified atom stereocenters. The molecule has 10 nitrogen and oxygen atoms in total. The van der Waals surface area contributed by atoms with Crippen molar-refractivity contribution >= 4 is 24.4 Å². The summed E-state index contributed by atoms with van der Waals surface area (Å²) in [5.74, 6) is -1.95.